The van der Waals surface area contributed by atoms with Gasteiger partial charge in [-0.2, -0.15) is 0 Å². The molecule has 2 nitrogen and oxygen atoms in total. The van der Waals surface area contributed by atoms with E-state index in [1.807, 2.05) is 19.1 Å². The van der Waals surface area contributed by atoms with Gasteiger partial charge in [0.25, 0.3) is 0 Å². The van der Waals surface area contributed by atoms with Crippen LogP contribution in [0.5, 0.6) is 5.75 Å². The minimum atomic E-state index is 0.0984. The zero-order chi connectivity index (χ0) is 12.8. The second kappa shape index (κ2) is 6.79. The summed E-state index contributed by atoms with van der Waals surface area (Å²) in [6.07, 6.45) is 8.24. The maximum atomic E-state index is 5.82. The molecule has 100 valence electrons. The lowest BCUT2D eigenvalue weighted by molar-refractivity contribution is 0.246. The van der Waals surface area contributed by atoms with Crippen LogP contribution in [-0.2, 0) is 0 Å². The van der Waals surface area contributed by atoms with Gasteiger partial charge in [-0.3, -0.25) is 0 Å². The van der Waals surface area contributed by atoms with Gasteiger partial charge in [0, 0.05) is 6.04 Å². The average Bonchev–Trinajstić information content (AvgIpc) is 2.40. The van der Waals surface area contributed by atoms with Gasteiger partial charge in [-0.25, -0.2) is 0 Å². The van der Waals surface area contributed by atoms with Crippen molar-refractivity contribution >= 4 is 0 Å². The summed E-state index contributed by atoms with van der Waals surface area (Å²) in [5, 5.41) is 0. The molecule has 0 radical (unpaired) electrons. The average molecular weight is 247 g/mol. The Hall–Kier alpha value is -1.02. The third-order valence-corrected chi connectivity index (χ3v) is 3.93. The number of nitrogens with two attached hydrogens (primary N) is 1. The molecule has 1 aliphatic carbocycles. The van der Waals surface area contributed by atoms with Gasteiger partial charge >= 0.3 is 0 Å². The van der Waals surface area contributed by atoms with Gasteiger partial charge in [0.2, 0.25) is 0 Å². The van der Waals surface area contributed by atoms with E-state index in [1.165, 1.54) is 38.5 Å². The Bertz CT molecular complexity index is 339. The zero-order valence-corrected chi connectivity index (χ0v) is 11.4. The highest BCUT2D eigenvalue weighted by molar-refractivity contribution is 5.28. The van der Waals surface area contributed by atoms with E-state index in [9.17, 15) is 0 Å². The molecule has 0 saturated heterocycles. The van der Waals surface area contributed by atoms with Crippen LogP contribution in [0.1, 0.15) is 57.1 Å². The molecule has 1 aromatic rings. The van der Waals surface area contributed by atoms with Gasteiger partial charge in [0.05, 0.1) is 6.61 Å². The summed E-state index contributed by atoms with van der Waals surface area (Å²) in [6, 6.07) is 8.27. The molecule has 1 aromatic carbocycles. The van der Waals surface area contributed by atoms with Crippen LogP contribution < -0.4 is 10.5 Å². The minimum Gasteiger partial charge on any atom is -0.494 e. The summed E-state index contributed by atoms with van der Waals surface area (Å²) in [4.78, 5) is 0. The van der Waals surface area contributed by atoms with E-state index in [2.05, 4.69) is 12.1 Å². The molecule has 1 aliphatic rings. The normalized spacial score (nSPS) is 18.6. The first-order chi connectivity index (χ1) is 8.75. The van der Waals surface area contributed by atoms with E-state index < -0.39 is 0 Å². The summed E-state index contributed by atoms with van der Waals surface area (Å²) >= 11 is 0. The van der Waals surface area contributed by atoms with Crippen molar-refractivity contribution in [1.29, 1.82) is 0 Å². The first-order valence-corrected chi connectivity index (χ1v) is 7.24. The molecule has 0 amide bonds. The van der Waals surface area contributed by atoms with Crippen molar-refractivity contribution in [3.63, 3.8) is 0 Å². The molecule has 18 heavy (non-hydrogen) atoms. The maximum absolute atomic E-state index is 5.82. The van der Waals surface area contributed by atoms with Crippen molar-refractivity contribution in [3.8, 4) is 5.75 Å². The van der Waals surface area contributed by atoms with E-state index in [0.717, 1.165) is 23.8 Å². The summed E-state index contributed by atoms with van der Waals surface area (Å²) in [7, 11) is 0. The lowest BCUT2D eigenvalue weighted by Gasteiger charge is -2.21. The molecule has 2 rings (SSSR count). The SMILES string of the molecule is CC(N)c1ccc(OCCC2CCCCC2)cc1. The summed E-state index contributed by atoms with van der Waals surface area (Å²) in [6.45, 7) is 2.85. The van der Waals surface area contributed by atoms with Crippen LogP contribution in [-0.4, -0.2) is 6.61 Å². The van der Waals surface area contributed by atoms with Crippen molar-refractivity contribution < 1.29 is 4.74 Å². The Kier molecular flexibility index (Phi) is 5.06. The summed E-state index contributed by atoms with van der Waals surface area (Å²) in [5.74, 6) is 1.86. The molecule has 0 aromatic heterocycles. The molecule has 1 atom stereocenters. The van der Waals surface area contributed by atoms with Crippen LogP contribution in [0.25, 0.3) is 0 Å². The number of rotatable bonds is 5. The standard InChI is InChI=1S/C16H25NO/c1-13(17)15-7-9-16(10-8-15)18-12-11-14-5-3-2-4-6-14/h7-10,13-14H,2-6,11-12,17H2,1H3. The highest BCUT2D eigenvalue weighted by atomic mass is 16.5. The quantitative estimate of drug-likeness (QED) is 0.851. The first kappa shape index (κ1) is 13.4. The number of hydrogen-bond acceptors (Lipinski definition) is 2. The van der Waals surface area contributed by atoms with E-state index in [0.29, 0.717) is 0 Å². The van der Waals surface area contributed by atoms with Crippen molar-refractivity contribution in [1.82, 2.24) is 0 Å². The van der Waals surface area contributed by atoms with Gasteiger partial charge in [0.15, 0.2) is 0 Å². The van der Waals surface area contributed by atoms with E-state index in [4.69, 9.17) is 10.5 Å². The van der Waals surface area contributed by atoms with Gasteiger partial charge in [0.1, 0.15) is 5.75 Å². The van der Waals surface area contributed by atoms with Gasteiger partial charge in [-0.05, 0) is 37.0 Å². The van der Waals surface area contributed by atoms with E-state index in [1.54, 1.807) is 0 Å². The lowest BCUT2D eigenvalue weighted by atomic mass is 9.87. The topological polar surface area (TPSA) is 35.2 Å². The maximum Gasteiger partial charge on any atom is 0.119 e. The molecule has 0 spiro atoms. The fourth-order valence-electron chi connectivity index (χ4n) is 2.69. The van der Waals surface area contributed by atoms with Crippen LogP contribution in [0.2, 0.25) is 0 Å². The summed E-state index contributed by atoms with van der Waals surface area (Å²) < 4.78 is 5.80. The van der Waals surface area contributed by atoms with Crippen LogP contribution >= 0.6 is 0 Å². The Labute approximate surface area is 111 Å². The van der Waals surface area contributed by atoms with E-state index >= 15 is 0 Å². The Morgan fingerprint density at radius 3 is 2.44 bits per heavy atom. The van der Waals surface area contributed by atoms with Crippen molar-refractivity contribution in [2.75, 3.05) is 6.61 Å². The number of ether oxygens (including phenoxy) is 1. The Morgan fingerprint density at radius 2 is 1.83 bits per heavy atom. The third-order valence-electron chi connectivity index (χ3n) is 3.93. The highest BCUT2D eigenvalue weighted by Crippen LogP contribution is 2.26. The lowest BCUT2D eigenvalue weighted by Crippen LogP contribution is -2.10. The molecular formula is C16H25NO. The Balaban J connectivity index is 1.72. The summed E-state index contributed by atoms with van der Waals surface area (Å²) in [5.41, 5.74) is 6.98. The van der Waals surface area contributed by atoms with Gasteiger partial charge in [-0.1, -0.05) is 44.2 Å². The molecule has 1 unspecified atom stereocenters. The van der Waals surface area contributed by atoms with Crippen molar-refractivity contribution in [2.24, 2.45) is 11.7 Å². The fraction of sp³-hybridized carbons (Fsp3) is 0.625. The van der Waals surface area contributed by atoms with Crippen molar-refractivity contribution in [3.05, 3.63) is 29.8 Å². The second-order valence-corrected chi connectivity index (χ2v) is 5.50. The smallest absolute Gasteiger partial charge is 0.119 e. The van der Waals surface area contributed by atoms with Crippen molar-refractivity contribution in [2.45, 2.75) is 51.5 Å². The minimum absolute atomic E-state index is 0.0984. The molecule has 0 heterocycles. The molecular weight excluding hydrogens is 222 g/mol. The Morgan fingerprint density at radius 1 is 1.17 bits per heavy atom. The first-order valence-electron chi connectivity index (χ1n) is 7.24. The predicted octanol–water partition coefficient (Wildman–Crippen LogP) is 4.06. The van der Waals surface area contributed by atoms with Gasteiger partial charge in [-0.15, -0.1) is 0 Å². The molecule has 1 saturated carbocycles. The molecule has 0 bridgehead atoms. The van der Waals surface area contributed by atoms with Gasteiger partial charge < -0.3 is 10.5 Å². The van der Waals surface area contributed by atoms with Crippen LogP contribution in [0.3, 0.4) is 0 Å². The molecule has 1 fully saturated rings. The molecule has 2 N–H and O–H groups in total. The second-order valence-electron chi connectivity index (χ2n) is 5.50. The highest BCUT2D eigenvalue weighted by Gasteiger charge is 2.13. The molecule has 0 aliphatic heterocycles. The third kappa shape index (κ3) is 4.02. The monoisotopic (exact) mass is 247 g/mol. The van der Waals surface area contributed by atoms with Crippen LogP contribution in [0.4, 0.5) is 0 Å². The van der Waals surface area contributed by atoms with E-state index in [-0.39, 0.29) is 6.04 Å². The molecule has 2 heteroatoms. The fourth-order valence-corrected chi connectivity index (χ4v) is 2.69. The van der Waals surface area contributed by atoms with Crippen LogP contribution in [0, 0.1) is 5.92 Å². The number of benzene rings is 1. The predicted molar refractivity (Wildman–Crippen MR) is 75.7 cm³/mol. The van der Waals surface area contributed by atoms with Crippen LogP contribution in [0.15, 0.2) is 24.3 Å². The largest absolute Gasteiger partial charge is 0.494 e. The number of hydrogen-bond donors (Lipinski definition) is 1. The zero-order valence-electron chi connectivity index (χ0n) is 11.4.